The summed E-state index contributed by atoms with van der Waals surface area (Å²) in [7, 11) is 1.72. The van der Waals surface area contributed by atoms with Crippen LogP contribution in [0.25, 0.3) is 0 Å². The molecule has 1 unspecified atom stereocenters. The smallest absolute Gasteiger partial charge is 0.258 e. The van der Waals surface area contributed by atoms with Gasteiger partial charge in [-0.15, -0.1) is 0 Å². The van der Waals surface area contributed by atoms with E-state index in [1.54, 1.807) is 18.1 Å². The molecule has 8 heteroatoms. The number of benzene rings is 1. The van der Waals surface area contributed by atoms with Crippen LogP contribution in [-0.2, 0) is 7.05 Å². The molecule has 2 N–H and O–H groups in total. The number of phenolic OH excluding ortho intramolecular Hbond substituents is 1. The highest BCUT2D eigenvalue weighted by Crippen LogP contribution is 2.26. The van der Waals surface area contributed by atoms with Gasteiger partial charge in [0, 0.05) is 32.4 Å². The Labute approximate surface area is 144 Å². The molecule has 0 spiro atoms. The van der Waals surface area contributed by atoms with Crippen LogP contribution in [0.15, 0.2) is 30.6 Å². The number of nitrogens with one attached hydrogen (secondary N) is 1. The Balaban J connectivity index is 1.67. The van der Waals surface area contributed by atoms with Crippen LogP contribution in [0.4, 0.5) is 4.39 Å². The highest BCUT2D eigenvalue weighted by atomic mass is 19.1. The number of aromatic nitrogens is 2. The summed E-state index contributed by atoms with van der Waals surface area (Å²) in [6.07, 6.45) is 4.60. The fraction of sp³-hybridized carbons (Fsp3) is 0.353. The Morgan fingerprint density at radius 3 is 2.96 bits per heavy atom. The molecule has 7 nitrogen and oxygen atoms in total. The van der Waals surface area contributed by atoms with E-state index in [-0.39, 0.29) is 24.1 Å². The monoisotopic (exact) mass is 346 g/mol. The fourth-order valence-corrected chi connectivity index (χ4v) is 3.01. The van der Waals surface area contributed by atoms with E-state index in [4.69, 9.17) is 0 Å². The summed E-state index contributed by atoms with van der Waals surface area (Å²) in [6, 6.07) is 3.68. The standard InChI is InChI=1S/C17H19FN4O3/c1-21-10-11(8-20-21)16(24)19-9-12-4-3-7-22(12)17(25)13-5-2-6-14(18)15(13)23/h2,5-6,8,10,12,23H,3-4,7,9H2,1H3,(H,19,24). The molecule has 1 aromatic carbocycles. The highest BCUT2D eigenvalue weighted by Gasteiger charge is 2.31. The third-order valence-corrected chi connectivity index (χ3v) is 4.32. The molecule has 3 rings (SSSR count). The lowest BCUT2D eigenvalue weighted by atomic mass is 10.1. The van der Waals surface area contributed by atoms with Gasteiger partial charge in [-0.2, -0.15) is 5.10 Å². The van der Waals surface area contributed by atoms with Crippen molar-refractivity contribution in [2.75, 3.05) is 13.1 Å². The lowest BCUT2D eigenvalue weighted by Crippen LogP contribution is -2.43. The van der Waals surface area contributed by atoms with Crippen LogP contribution < -0.4 is 5.32 Å². The van der Waals surface area contributed by atoms with Crippen molar-refractivity contribution in [2.24, 2.45) is 7.05 Å². The molecular formula is C17H19FN4O3. The second-order valence-electron chi connectivity index (χ2n) is 6.04. The average molecular weight is 346 g/mol. The first-order valence-corrected chi connectivity index (χ1v) is 8.02. The number of hydrogen-bond acceptors (Lipinski definition) is 4. The lowest BCUT2D eigenvalue weighted by Gasteiger charge is -2.25. The van der Waals surface area contributed by atoms with Gasteiger partial charge in [0.25, 0.3) is 11.8 Å². The van der Waals surface area contributed by atoms with E-state index in [0.29, 0.717) is 12.1 Å². The molecule has 2 amide bonds. The maximum atomic E-state index is 13.5. The van der Waals surface area contributed by atoms with Crippen molar-refractivity contribution < 1.29 is 19.1 Å². The van der Waals surface area contributed by atoms with Crippen molar-refractivity contribution in [1.29, 1.82) is 0 Å². The van der Waals surface area contributed by atoms with Gasteiger partial charge in [-0.25, -0.2) is 4.39 Å². The molecule has 1 fully saturated rings. The number of carbonyl (C=O) groups is 2. The van der Waals surface area contributed by atoms with E-state index in [0.717, 1.165) is 18.9 Å². The van der Waals surface area contributed by atoms with Gasteiger partial charge in [-0.3, -0.25) is 14.3 Å². The molecule has 0 saturated carbocycles. The van der Waals surface area contributed by atoms with Crippen molar-refractivity contribution in [3.63, 3.8) is 0 Å². The fourth-order valence-electron chi connectivity index (χ4n) is 3.01. The summed E-state index contributed by atoms with van der Waals surface area (Å²) in [6.45, 7) is 0.789. The number of phenols is 1. The maximum absolute atomic E-state index is 13.5. The zero-order valence-electron chi connectivity index (χ0n) is 13.8. The summed E-state index contributed by atoms with van der Waals surface area (Å²) in [4.78, 5) is 26.3. The van der Waals surface area contributed by atoms with Gasteiger partial charge < -0.3 is 15.3 Å². The number of likely N-dealkylation sites (tertiary alicyclic amines) is 1. The van der Waals surface area contributed by atoms with Crippen molar-refractivity contribution in [3.8, 4) is 5.75 Å². The number of rotatable bonds is 4. The molecule has 0 bridgehead atoms. The predicted octanol–water partition coefficient (Wildman–Crippen LogP) is 1.30. The van der Waals surface area contributed by atoms with E-state index in [1.165, 1.54) is 23.0 Å². The van der Waals surface area contributed by atoms with Crippen LogP contribution in [0, 0.1) is 5.82 Å². The quantitative estimate of drug-likeness (QED) is 0.874. The number of para-hydroxylation sites is 1. The van der Waals surface area contributed by atoms with Crippen molar-refractivity contribution in [3.05, 3.63) is 47.5 Å². The number of amides is 2. The van der Waals surface area contributed by atoms with Crippen LogP contribution >= 0.6 is 0 Å². The van der Waals surface area contributed by atoms with Gasteiger partial charge in [-0.1, -0.05) is 6.07 Å². The van der Waals surface area contributed by atoms with Crippen molar-refractivity contribution in [1.82, 2.24) is 20.0 Å². The number of nitrogens with zero attached hydrogens (tertiary/aromatic N) is 3. The number of halogens is 1. The van der Waals surface area contributed by atoms with Crippen LogP contribution in [0.5, 0.6) is 5.75 Å². The van der Waals surface area contributed by atoms with Crippen LogP contribution in [0.1, 0.15) is 33.6 Å². The Hall–Kier alpha value is -2.90. The molecule has 1 atom stereocenters. The molecule has 1 aliphatic rings. The zero-order valence-corrected chi connectivity index (χ0v) is 13.8. The first kappa shape index (κ1) is 16.9. The van der Waals surface area contributed by atoms with Gasteiger partial charge in [-0.05, 0) is 25.0 Å². The van der Waals surface area contributed by atoms with Crippen LogP contribution in [0.2, 0.25) is 0 Å². The first-order valence-electron chi connectivity index (χ1n) is 8.02. The maximum Gasteiger partial charge on any atom is 0.258 e. The minimum Gasteiger partial charge on any atom is -0.504 e. The number of aryl methyl sites for hydroxylation is 1. The first-order chi connectivity index (χ1) is 12.0. The molecule has 1 aliphatic heterocycles. The third-order valence-electron chi connectivity index (χ3n) is 4.32. The molecule has 1 saturated heterocycles. The number of aromatic hydroxyl groups is 1. The molecule has 0 radical (unpaired) electrons. The Kier molecular flexibility index (Phi) is 4.69. The number of carbonyl (C=O) groups excluding carboxylic acids is 2. The Bertz CT molecular complexity index is 805. The minimum absolute atomic E-state index is 0.0644. The van der Waals surface area contributed by atoms with Crippen molar-refractivity contribution >= 4 is 11.8 Å². The third kappa shape index (κ3) is 3.47. The van der Waals surface area contributed by atoms with Crippen LogP contribution in [-0.4, -0.2) is 50.7 Å². The van der Waals surface area contributed by atoms with Crippen LogP contribution in [0.3, 0.4) is 0 Å². The second-order valence-corrected chi connectivity index (χ2v) is 6.04. The lowest BCUT2D eigenvalue weighted by molar-refractivity contribution is 0.0721. The molecule has 2 aromatic rings. The van der Waals surface area contributed by atoms with E-state index < -0.39 is 17.5 Å². The predicted molar refractivity (Wildman–Crippen MR) is 87.7 cm³/mol. The average Bonchev–Trinajstić information content (AvgIpc) is 3.23. The van der Waals surface area contributed by atoms with E-state index in [1.807, 2.05) is 0 Å². The van der Waals surface area contributed by atoms with Gasteiger partial charge in [0.15, 0.2) is 11.6 Å². The molecule has 132 valence electrons. The van der Waals surface area contributed by atoms with Crippen molar-refractivity contribution in [2.45, 2.75) is 18.9 Å². The highest BCUT2D eigenvalue weighted by molar-refractivity contribution is 5.97. The van der Waals surface area contributed by atoms with Gasteiger partial charge in [0.05, 0.1) is 17.3 Å². The Morgan fingerprint density at radius 2 is 2.24 bits per heavy atom. The molecular weight excluding hydrogens is 327 g/mol. The molecule has 1 aromatic heterocycles. The van der Waals surface area contributed by atoms with E-state index >= 15 is 0 Å². The number of hydrogen-bond donors (Lipinski definition) is 2. The summed E-state index contributed by atoms with van der Waals surface area (Å²) >= 11 is 0. The minimum atomic E-state index is -0.827. The summed E-state index contributed by atoms with van der Waals surface area (Å²) in [5.74, 6) is -2.17. The largest absolute Gasteiger partial charge is 0.504 e. The summed E-state index contributed by atoms with van der Waals surface area (Å²) < 4.78 is 15.0. The van der Waals surface area contributed by atoms with Gasteiger partial charge in [0.1, 0.15) is 0 Å². The van der Waals surface area contributed by atoms with Gasteiger partial charge >= 0.3 is 0 Å². The topological polar surface area (TPSA) is 87.5 Å². The SMILES string of the molecule is Cn1cc(C(=O)NCC2CCCN2C(=O)c2cccc(F)c2O)cn1. The van der Waals surface area contributed by atoms with Gasteiger partial charge in [0.2, 0.25) is 0 Å². The van der Waals surface area contributed by atoms with E-state index in [9.17, 15) is 19.1 Å². The van der Waals surface area contributed by atoms with E-state index in [2.05, 4.69) is 10.4 Å². The Morgan fingerprint density at radius 1 is 1.44 bits per heavy atom. The summed E-state index contributed by atoms with van der Waals surface area (Å²) in [5, 5.41) is 16.5. The normalized spacial score (nSPS) is 16.9. The molecule has 0 aliphatic carbocycles. The molecule has 25 heavy (non-hydrogen) atoms. The zero-order chi connectivity index (χ0) is 18.0. The second kappa shape index (κ2) is 6.92. The molecule has 2 heterocycles. The summed E-state index contributed by atoms with van der Waals surface area (Å²) in [5.41, 5.74) is 0.381.